The number of rotatable bonds is 7. The van der Waals surface area contributed by atoms with Gasteiger partial charge in [0.1, 0.15) is 0 Å². The molecule has 0 spiro atoms. The van der Waals surface area contributed by atoms with Gasteiger partial charge >= 0.3 is 0 Å². The second-order valence-corrected chi connectivity index (χ2v) is 5.38. The standard InChI is InChI=1S/C16H25N3O2/c1-21-10-4-9-18-16(20)12-19-14(11-17)8-7-13-5-2-3-6-15(13)19/h2-3,5-6,14H,4,7-12,17H2,1H3,(H,18,20). The maximum atomic E-state index is 12.1. The van der Waals surface area contributed by atoms with Crippen molar-refractivity contribution in [3.63, 3.8) is 0 Å². The lowest BCUT2D eigenvalue weighted by atomic mass is 9.95. The highest BCUT2D eigenvalue weighted by Gasteiger charge is 2.26. The van der Waals surface area contributed by atoms with Crippen LogP contribution in [0, 0.1) is 0 Å². The van der Waals surface area contributed by atoms with Gasteiger partial charge < -0.3 is 20.7 Å². The minimum absolute atomic E-state index is 0.0428. The second-order valence-electron chi connectivity index (χ2n) is 5.38. The molecular weight excluding hydrogens is 266 g/mol. The van der Waals surface area contributed by atoms with E-state index in [9.17, 15) is 4.79 Å². The minimum atomic E-state index is 0.0428. The highest BCUT2D eigenvalue weighted by Crippen LogP contribution is 2.29. The number of hydrogen-bond donors (Lipinski definition) is 2. The van der Waals surface area contributed by atoms with Gasteiger partial charge in [-0.1, -0.05) is 18.2 Å². The lowest BCUT2D eigenvalue weighted by molar-refractivity contribution is -0.119. The molecule has 0 fully saturated rings. The van der Waals surface area contributed by atoms with Crippen molar-refractivity contribution in [2.45, 2.75) is 25.3 Å². The molecule has 21 heavy (non-hydrogen) atoms. The molecule has 0 aromatic heterocycles. The molecule has 5 heteroatoms. The molecule has 1 aliphatic heterocycles. The molecule has 1 amide bonds. The Labute approximate surface area is 126 Å². The Morgan fingerprint density at radius 2 is 2.29 bits per heavy atom. The zero-order valence-corrected chi connectivity index (χ0v) is 12.7. The number of hydrogen-bond acceptors (Lipinski definition) is 4. The average Bonchev–Trinajstić information content (AvgIpc) is 2.52. The normalized spacial score (nSPS) is 17.4. The molecule has 0 aliphatic carbocycles. The van der Waals surface area contributed by atoms with E-state index < -0.39 is 0 Å². The van der Waals surface area contributed by atoms with Crippen molar-refractivity contribution in [3.05, 3.63) is 29.8 Å². The monoisotopic (exact) mass is 291 g/mol. The Morgan fingerprint density at radius 1 is 1.48 bits per heavy atom. The fourth-order valence-corrected chi connectivity index (χ4v) is 2.79. The fraction of sp³-hybridized carbons (Fsp3) is 0.562. The van der Waals surface area contributed by atoms with Crippen molar-refractivity contribution in [3.8, 4) is 0 Å². The number of amides is 1. The number of carbonyl (C=O) groups excluding carboxylic acids is 1. The Kier molecular flexibility index (Phi) is 6.02. The molecule has 116 valence electrons. The Bertz CT molecular complexity index is 465. The van der Waals surface area contributed by atoms with Gasteiger partial charge in [0.25, 0.3) is 0 Å². The van der Waals surface area contributed by atoms with Crippen LogP contribution in [0.3, 0.4) is 0 Å². The Balaban J connectivity index is 1.97. The number of ether oxygens (including phenoxy) is 1. The lowest BCUT2D eigenvalue weighted by Crippen LogP contribution is -2.48. The van der Waals surface area contributed by atoms with Crippen LogP contribution in [-0.2, 0) is 16.0 Å². The number of nitrogens with one attached hydrogen (secondary N) is 1. The SMILES string of the molecule is COCCCNC(=O)CN1c2ccccc2CCC1CN. The molecule has 0 bridgehead atoms. The van der Waals surface area contributed by atoms with Gasteiger partial charge in [-0.25, -0.2) is 0 Å². The number of nitrogens with zero attached hydrogens (tertiary/aromatic N) is 1. The summed E-state index contributed by atoms with van der Waals surface area (Å²) in [7, 11) is 1.67. The number of benzene rings is 1. The van der Waals surface area contributed by atoms with Gasteiger partial charge in [0.15, 0.2) is 0 Å². The fourth-order valence-electron chi connectivity index (χ4n) is 2.79. The first-order valence-electron chi connectivity index (χ1n) is 7.56. The molecule has 1 aromatic carbocycles. The molecule has 3 N–H and O–H groups in total. The Hall–Kier alpha value is -1.59. The molecule has 1 aromatic rings. The molecule has 1 heterocycles. The summed E-state index contributed by atoms with van der Waals surface area (Å²) in [6.07, 6.45) is 2.87. The van der Waals surface area contributed by atoms with E-state index in [4.69, 9.17) is 10.5 Å². The summed E-state index contributed by atoms with van der Waals surface area (Å²) in [4.78, 5) is 14.3. The highest BCUT2D eigenvalue weighted by atomic mass is 16.5. The zero-order valence-electron chi connectivity index (χ0n) is 12.7. The van der Waals surface area contributed by atoms with Crippen LogP contribution in [-0.4, -0.2) is 45.3 Å². The third-order valence-electron chi connectivity index (χ3n) is 3.92. The van der Waals surface area contributed by atoms with Crippen molar-refractivity contribution in [2.75, 3.05) is 38.3 Å². The summed E-state index contributed by atoms with van der Waals surface area (Å²) in [5.41, 5.74) is 8.32. The van der Waals surface area contributed by atoms with E-state index in [1.165, 1.54) is 5.56 Å². The van der Waals surface area contributed by atoms with E-state index in [0.717, 1.165) is 24.9 Å². The highest BCUT2D eigenvalue weighted by molar-refractivity contribution is 5.82. The molecule has 1 atom stereocenters. The van der Waals surface area contributed by atoms with Crippen molar-refractivity contribution in [1.29, 1.82) is 0 Å². The molecule has 2 rings (SSSR count). The van der Waals surface area contributed by atoms with Crippen LogP contribution in [0.2, 0.25) is 0 Å². The van der Waals surface area contributed by atoms with Gasteiger partial charge in [-0.3, -0.25) is 4.79 Å². The van der Waals surface area contributed by atoms with Gasteiger partial charge in [0.2, 0.25) is 5.91 Å². The van der Waals surface area contributed by atoms with Crippen molar-refractivity contribution < 1.29 is 9.53 Å². The average molecular weight is 291 g/mol. The number of carbonyl (C=O) groups is 1. The van der Waals surface area contributed by atoms with E-state index >= 15 is 0 Å². The molecule has 5 nitrogen and oxygen atoms in total. The van der Waals surface area contributed by atoms with E-state index in [-0.39, 0.29) is 11.9 Å². The first-order valence-corrected chi connectivity index (χ1v) is 7.56. The number of anilines is 1. The van der Waals surface area contributed by atoms with Gasteiger partial charge in [-0.2, -0.15) is 0 Å². The molecule has 0 saturated carbocycles. The lowest BCUT2D eigenvalue weighted by Gasteiger charge is -2.38. The topological polar surface area (TPSA) is 67.6 Å². The first-order chi connectivity index (χ1) is 10.3. The van der Waals surface area contributed by atoms with Crippen LogP contribution in [0.1, 0.15) is 18.4 Å². The van der Waals surface area contributed by atoms with Gasteiger partial charge in [0, 0.05) is 38.5 Å². The number of nitrogens with two attached hydrogens (primary N) is 1. The van der Waals surface area contributed by atoms with Crippen LogP contribution in [0.25, 0.3) is 0 Å². The van der Waals surface area contributed by atoms with Crippen LogP contribution >= 0.6 is 0 Å². The van der Waals surface area contributed by atoms with E-state index in [1.807, 2.05) is 12.1 Å². The van der Waals surface area contributed by atoms with Crippen molar-refractivity contribution >= 4 is 11.6 Å². The first kappa shape index (κ1) is 15.8. The van der Waals surface area contributed by atoms with Crippen LogP contribution in [0.5, 0.6) is 0 Å². The maximum Gasteiger partial charge on any atom is 0.239 e. The van der Waals surface area contributed by atoms with Gasteiger partial charge in [-0.05, 0) is 30.9 Å². The summed E-state index contributed by atoms with van der Waals surface area (Å²) < 4.78 is 4.98. The smallest absolute Gasteiger partial charge is 0.239 e. The second kappa shape index (κ2) is 8.00. The Morgan fingerprint density at radius 3 is 3.05 bits per heavy atom. The van der Waals surface area contributed by atoms with Crippen molar-refractivity contribution in [1.82, 2.24) is 5.32 Å². The number of para-hydroxylation sites is 1. The summed E-state index contributed by atoms with van der Waals surface area (Å²) in [5.74, 6) is 0.0428. The number of methoxy groups -OCH3 is 1. The summed E-state index contributed by atoms with van der Waals surface area (Å²) in [5, 5.41) is 2.94. The number of fused-ring (bicyclic) bond motifs is 1. The molecular formula is C16H25N3O2. The predicted octanol–water partition coefficient (Wildman–Crippen LogP) is 0.919. The molecule has 0 saturated heterocycles. The predicted molar refractivity (Wildman–Crippen MR) is 84.5 cm³/mol. The van der Waals surface area contributed by atoms with E-state index in [0.29, 0.717) is 26.2 Å². The molecule has 1 unspecified atom stereocenters. The third-order valence-corrected chi connectivity index (χ3v) is 3.92. The quantitative estimate of drug-likeness (QED) is 0.733. The summed E-state index contributed by atoms with van der Waals surface area (Å²) in [6, 6.07) is 8.51. The van der Waals surface area contributed by atoms with E-state index in [2.05, 4.69) is 22.3 Å². The number of aryl methyl sites for hydroxylation is 1. The maximum absolute atomic E-state index is 12.1. The summed E-state index contributed by atoms with van der Waals surface area (Å²) in [6.45, 7) is 2.25. The van der Waals surface area contributed by atoms with Crippen molar-refractivity contribution in [2.24, 2.45) is 5.73 Å². The van der Waals surface area contributed by atoms with Crippen LogP contribution in [0.4, 0.5) is 5.69 Å². The third kappa shape index (κ3) is 4.19. The zero-order chi connectivity index (χ0) is 15.1. The van der Waals surface area contributed by atoms with Gasteiger partial charge in [0.05, 0.1) is 6.54 Å². The summed E-state index contributed by atoms with van der Waals surface area (Å²) >= 11 is 0. The molecule has 0 radical (unpaired) electrons. The molecule has 1 aliphatic rings. The van der Waals surface area contributed by atoms with E-state index in [1.54, 1.807) is 7.11 Å². The van der Waals surface area contributed by atoms with Gasteiger partial charge in [-0.15, -0.1) is 0 Å². The largest absolute Gasteiger partial charge is 0.385 e. The van der Waals surface area contributed by atoms with Crippen LogP contribution in [0.15, 0.2) is 24.3 Å². The van der Waals surface area contributed by atoms with Crippen LogP contribution < -0.4 is 16.0 Å². The minimum Gasteiger partial charge on any atom is -0.385 e.